The van der Waals surface area contributed by atoms with Crippen LogP contribution in [0.5, 0.6) is 0 Å². The number of rotatable bonds is 63. The molecule has 2 heterocycles. The van der Waals surface area contributed by atoms with Crippen molar-refractivity contribution >= 4 is 5.91 Å². The lowest BCUT2D eigenvalue weighted by molar-refractivity contribution is -0.359. The first kappa shape index (κ1) is 84.8. The topological polar surface area (TPSA) is 228 Å². The van der Waals surface area contributed by atoms with E-state index in [0.29, 0.717) is 12.8 Å². The Morgan fingerprint density at radius 3 is 1.14 bits per heavy atom. The number of nitrogens with one attached hydrogen (secondary N) is 1. The van der Waals surface area contributed by atoms with Crippen molar-refractivity contribution in [1.29, 1.82) is 0 Å². The van der Waals surface area contributed by atoms with Crippen LogP contribution in [0.15, 0.2) is 60.8 Å². The fourth-order valence-corrected chi connectivity index (χ4v) is 12.4. The third-order valence-electron chi connectivity index (χ3n) is 18.4. The summed E-state index contributed by atoms with van der Waals surface area (Å²) in [6, 6.07) is -0.939. The lowest BCUT2D eigenvalue weighted by atomic mass is 9.97. The molecule has 0 spiro atoms. The molecule has 2 aliphatic rings. The van der Waals surface area contributed by atoms with Crippen LogP contribution < -0.4 is 5.32 Å². The second kappa shape index (κ2) is 61.3. The Hall–Kier alpha value is -2.31. The van der Waals surface area contributed by atoms with Gasteiger partial charge in [0.1, 0.15) is 48.8 Å². The first-order chi connectivity index (χ1) is 44.6. The smallest absolute Gasteiger partial charge is 0.220 e. The molecule has 0 aromatic heterocycles. The van der Waals surface area contributed by atoms with Crippen LogP contribution in [0.2, 0.25) is 0 Å². The monoisotopic (exact) mass is 1290 g/mol. The highest BCUT2D eigenvalue weighted by atomic mass is 16.7. The molecule has 0 aromatic carbocycles. The molecule has 2 fully saturated rings. The van der Waals surface area contributed by atoms with E-state index < -0.39 is 86.8 Å². The van der Waals surface area contributed by atoms with Crippen LogP contribution in [0, 0.1) is 0 Å². The van der Waals surface area contributed by atoms with Gasteiger partial charge in [0.15, 0.2) is 12.6 Å². The molecule has 0 aromatic rings. The molecule has 2 aliphatic heterocycles. The highest BCUT2D eigenvalue weighted by Gasteiger charge is 2.51. The lowest BCUT2D eigenvalue weighted by Gasteiger charge is -2.46. The van der Waals surface area contributed by atoms with Crippen molar-refractivity contribution < 1.29 is 64.6 Å². The molecule has 0 bridgehead atoms. The minimum absolute atomic E-state index is 0.248. The van der Waals surface area contributed by atoms with Crippen molar-refractivity contribution in [1.82, 2.24) is 5.32 Å². The number of carbonyl (C=O) groups is 1. The lowest BCUT2D eigenvalue weighted by Crippen LogP contribution is -2.65. The maximum atomic E-state index is 13.4. The van der Waals surface area contributed by atoms with Gasteiger partial charge in [-0.15, -0.1) is 0 Å². The summed E-state index contributed by atoms with van der Waals surface area (Å²) in [6.45, 7) is 2.80. The minimum Gasteiger partial charge on any atom is -0.394 e. The summed E-state index contributed by atoms with van der Waals surface area (Å²) < 4.78 is 22.9. The molecule has 1 amide bonds. The van der Waals surface area contributed by atoms with Gasteiger partial charge in [-0.3, -0.25) is 4.79 Å². The number of aliphatic hydroxyl groups is 8. The molecule has 532 valence electrons. The van der Waals surface area contributed by atoms with E-state index in [1.807, 2.05) is 6.08 Å². The van der Waals surface area contributed by atoms with Gasteiger partial charge >= 0.3 is 0 Å². The molecule has 91 heavy (non-hydrogen) atoms. The average Bonchev–Trinajstić information content (AvgIpc) is 0.888. The number of unbranched alkanes of at least 4 members (excludes halogenated alkanes) is 42. The molecule has 12 atom stereocenters. The Bertz CT molecular complexity index is 1760. The fraction of sp³-hybridized carbons (Fsp3) is 0.857. The van der Waals surface area contributed by atoms with Gasteiger partial charge in [-0.05, 0) is 77.0 Å². The molecule has 14 heteroatoms. The molecule has 0 aliphatic carbocycles. The molecular weight excluding hydrogens is 1150 g/mol. The summed E-state index contributed by atoms with van der Waals surface area (Å²) in [4.78, 5) is 13.4. The number of aliphatic hydroxyl groups excluding tert-OH is 8. The van der Waals surface area contributed by atoms with Crippen molar-refractivity contribution in [3.05, 3.63) is 60.8 Å². The van der Waals surface area contributed by atoms with E-state index in [1.54, 1.807) is 6.08 Å². The standard InChI is InChI=1S/C77H141NO13/c1-3-5-7-9-11-13-15-17-19-21-23-25-27-28-29-30-31-32-33-34-35-36-37-38-39-41-43-45-47-49-51-53-55-57-59-61-69(82)78-65(64-88-76-74(87)72(85)75(68(63-80)90-76)91-77-73(86)71(84)70(83)67(62-79)89-77)66(81)60-58-56-54-52-50-48-46-44-42-40-26-24-22-20-18-16-14-12-10-8-6-4-2/h15,17,21,23,42,44,50,52,58,60,65-68,70-77,79-81,83-87H,3-14,16,18-20,22,24-41,43,45-49,51,53-57,59,61-64H2,1-2H3,(H,78,82)/b17-15-,23-21-,44-42+,52-50+,60-58+. The zero-order chi connectivity index (χ0) is 65.9. The Kier molecular flexibility index (Phi) is 57.1. The molecule has 0 saturated carbocycles. The summed E-state index contributed by atoms with van der Waals surface area (Å²) >= 11 is 0. The van der Waals surface area contributed by atoms with Crippen molar-refractivity contribution in [2.75, 3.05) is 19.8 Å². The van der Waals surface area contributed by atoms with E-state index in [1.165, 1.54) is 244 Å². The summed E-state index contributed by atoms with van der Waals surface area (Å²) in [5.74, 6) is -0.248. The first-order valence-corrected chi connectivity index (χ1v) is 38.0. The van der Waals surface area contributed by atoms with Crippen molar-refractivity contribution in [2.45, 2.75) is 402 Å². The number of carbonyl (C=O) groups excluding carboxylic acids is 1. The van der Waals surface area contributed by atoms with Gasteiger partial charge in [-0.25, -0.2) is 0 Å². The Morgan fingerprint density at radius 2 is 0.736 bits per heavy atom. The predicted octanol–water partition coefficient (Wildman–Crippen LogP) is 16.4. The Morgan fingerprint density at radius 1 is 0.396 bits per heavy atom. The van der Waals surface area contributed by atoms with Gasteiger partial charge in [0.25, 0.3) is 0 Å². The van der Waals surface area contributed by atoms with Crippen LogP contribution >= 0.6 is 0 Å². The second-order valence-corrected chi connectivity index (χ2v) is 26.8. The SMILES string of the molecule is CCCCCCC/C=C\C/C=C\CCCCCCCCCCCCCCCCCCCCCCCCCC(=O)NC(COC1OC(CO)C(OC2OC(CO)C(O)C(O)C2O)C(O)C1O)C(O)/C=C/CC/C=C/CC/C=C/CCCCCCCCCCCCCC. The molecule has 12 unspecified atom stereocenters. The first-order valence-electron chi connectivity index (χ1n) is 38.0. The van der Waals surface area contributed by atoms with E-state index in [2.05, 4.69) is 67.8 Å². The van der Waals surface area contributed by atoms with Crippen LogP contribution in [-0.4, -0.2) is 140 Å². The van der Waals surface area contributed by atoms with Gasteiger partial charge in [0.2, 0.25) is 5.91 Å². The van der Waals surface area contributed by atoms with E-state index >= 15 is 0 Å². The highest BCUT2D eigenvalue weighted by molar-refractivity contribution is 5.76. The number of allylic oxidation sites excluding steroid dienone is 9. The zero-order valence-electron chi connectivity index (χ0n) is 58.1. The van der Waals surface area contributed by atoms with E-state index in [9.17, 15) is 45.6 Å². The third kappa shape index (κ3) is 44.9. The molecule has 9 N–H and O–H groups in total. The quantitative estimate of drug-likeness (QED) is 0.0204. The molecule has 0 radical (unpaired) electrons. The largest absolute Gasteiger partial charge is 0.394 e. The molecule has 2 saturated heterocycles. The Balaban J connectivity index is 1.63. The zero-order valence-corrected chi connectivity index (χ0v) is 58.1. The third-order valence-corrected chi connectivity index (χ3v) is 18.4. The van der Waals surface area contributed by atoms with Gasteiger partial charge in [0.05, 0.1) is 32.0 Å². The normalized spacial score (nSPS) is 23.1. The van der Waals surface area contributed by atoms with Crippen LogP contribution in [0.25, 0.3) is 0 Å². The Labute approximate surface area is 556 Å². The average molecular weight is 1290 g/mol. The van der Waals surface area contributed by atoms with Crippen LogP contribution in [0.3, 0.4) is 0 Å². The second-order valence-electron chi connectivity index (χ2n) is 26.8. The van der Waals surface area contributed by atoms with Crippen molar-refractivity contribution in [2.24, 2.45) is 0 Å². The summed E-state index contributed by atoms with van der Waals surface area (Å²) in [6.07, 6.45) is 65.9. The van der Waals surface area contributed by atoms with Crippen molar-refractivity contribution in [3.8, 4) is 0 Å². The molecular formula is C77H141NO13. The van der Waals surface area contributed by atoms with E-state index in [-0.39, 0.29) is 18.9 Å². The van der Waals surface area contributed by atoms with Gasteiger partial charge in [-0.1, -0.05) is 306 Å². The van der Waals surface area contributed by atoms with Gasteiger partial charge in [0, 0.05) is 6.42 Å². The van der Waals surface area contributed by atoms with E-state index in [4.69, 9.17) is 18.9 Å². The molecule has 2 rings (SSSR count). The van der Waals surface area contributed by atoms with Crippen LogP contribution in [0.4, 0.5) is 0 Å². The predicted molar refractivity (Wildman–Crippen MR) is 374 cm³/mol. The van der Waals surface area contributed by atoms with Crippen molar-refractivity contribution in [3.63, 3.8) is 0 Å². The van der Waals surface area contributed by atoms with Gasteiger partial charge in [-0.2, -0.15) is 0 Å². The fourth-order valence-electron chi connectivity index (χ4n) is 12.4. The highest BCUT2D eigenvalue weighted by Crippen LogP contribution is 2.30. The summed E-state index contributed by atoms with van der Waals surface area (Å²) in [5.41, 5.74) is 0. The summed E-state index contributed by atoms with van der Waals surface area (Å²) in [5, 5.41) is 87.5. The number of ether oxygens (including phenoxy) is 4. The number of amides is 1. The molecule has 14 nitrogen and oxygen atoms in total. The number of hydrogen-bond acceptors (Lipinski definition) is 13. The maximum absolute atomic E-state index is 13.4. The van der Waals surface area contributed by atoms with Crippen LogP contribution in [-0.2, 0) is 23.7 Å². The minimum atomic E-state index is -1.79. The van der Waals surface area contributed by atoms with Crippen LogP contribution in [0.1, 0.15) is 328 Å². The van der Waals surface area contributed by atoms with Gasteiger partial charge < -0.3 is 65.1 Å². The number of hydrogen-bond donors (Lipinski definition) is 9. The maximum Gasteiger partial charge on any atom is 0.220 e. The van der Waals surface area contributed by atoms with E-state index in [0.717, 1.165) is 51.4 Å². The summed E-state index contributed by atoms with van der Waals surface area (Å²) in [7, 11) is 0.